The van der Waals surface area contributed by atoms with E-state index in [2.05, 4.69) is 6.92 Å². The summed E-state index contributed by atoms with van der Waals surface area (Å²) in [6, 6.07) is 1.41. The van der Waals surface area contributed by atoms with E-state index < -0.39 is 10.0 Å². The highest BCUT2D eigenvalue weighted by Crippen LogP contribution is 2.28. The van der Waals surface area contributed by atoms with Gasteiger partial charge in [-0.15, -0.1) is 11.3 Å². The molecule has 7 heteroatoms. The van der Waals surface area contributed by atoms with E-state index in [0.717, 1.165) is 32.4 Å². The monoisotopic (exact) mass is 316 g/mol. The molecule has 5 nitrogen and oxygen atoms in total. The van der Waals surface area contributed by atoms with E-state index in [1.165, 1.54) is 17.4 Å². The Morgan fingerprint density at radius 1 is 1.55 bits per heavy atom. The molecule has 0 bridgehead atoms. The molecule has 1 atom stereocenters. The molecular weight excluding hydrogens is 296 g/mol. The van der Waals surface area contributed by atoms with Gasteiger partial charge < -0.3 is 4.90 Å². The zero-order valence-electron chi connectivity index (χ0n) is 11.8. The van der Waals surface area contributed by atoms with Crippen LogP contribution in [0, 0.1) is 12.8 Å². The number of thiophene rings is 1. The summed E-state index contributed by atoms with van der Waals surface area (Å²) in [5.41, 5.74) is 0. The van der Waals surface area contributed by atoms with Crippen molar-refractivity contribution in [1.82, 2.24) is 4.90 Å². The number of carbonyl (C=O) groups is 1. The maximum Gasteiger partial charge on any atom is 0.263 e. The minimum absolute atomic E-state index is 0.0650. The summed E-state index contributed by atoms with van der Waals surface area (Å²) in [4.78, 5) is 15.3. The van der Waals surface area contributed by atoms with Crippen LogP contribution in [0.5, 0.6) is 0 Å². The Balaban J connectivity index is 2.15. The van der Waals surface area contributed by atoms with E-state index in [-0.39, 0.29) is 10.8 Å². The molecule has 20 heavy (non-hydrogen) atoms. The van der Waals surface area contributed by atoms with Crippen molar-refractivity contribution in [2.75, 3.05) is 13.1 Å². The molecule has 1 amide bonds. The molecule has 1 unspecified atom stereocenters. The third kappa shape index (κ3) is 3.21. The van der Waals surface area contributed by atoms with E-state index in [4.69, 9.17) is 5.14 Å². The van der Waals surface area contributed by atoms with Gasteiger partial charge in [-0.1, -0.05) is 13.3 Å². The zero-order valence-corrected chi connectivity index (χ0v) is 13.4. The Morgan fingerprint density at radius 2 is 2.25 bits per heavy atom. The zero-order chi connectivity index (χ0) is 14.9. The quantitative estimate of drug-likeness (QED) is 0.922. The molecule has 2 N–H and O–H groups in total. The lowest BCUT2D eigenvalue weighted by Crippen LogP contribution is -2.28. The number of hydrogen-bond donors (Lipinski definition) is 1. The molecule has 112 valence electrons. The van der Waals surface area contributed by atoms with Crippen molar-refractivity contribution in [3.8, 4) is 0 Å². The molecule has 1 saturated heterocycles. The van der Waals surface area contributed by atoms with Crippen molar-refractivity contribution in [2.24, 2.45) is 11.1 Å². The maximum atomic E-state index is 12.4. The minimum atomic E-state index is -3.75. The number of primary sulfonamides is 1. The molecule has 1 aliphatic rings. The molecule has 0 saturated carbocycles. The van der Waals surface area contributed by atoms with Crippen molar-refractivity contribution in [2.45, 2.75) is 38.0 Å². The number of amides is 1. The Labute approximate surface area is 123 Å². The van der Waals surface area contributed by atoms with Gasteiger partial charge in [0.1, 0.15) is 0 Å². The molecular formula is C13H20N2O3S2. The second-order valence-electron chi connectivity index (χ2n) is 5.27. The first-order valence-electron chi connectivity index (χ1n) is 6.75. The van der Waals surface area contributed by atoms with E-state index >= 15 is 0 Å². The molecule has 2 rings (SSSR count). The van der Waals surface area contributed by atoms with Crippen LogP contribution in [0.3, 0.4) is 0 Å². The van der Waals surface area contributed by atoms with Gasteiger partial charge in [0.05, 0.1) is 9.77 Å². The number of likely N-dealkylation sites (tertiary alicyclic amines) is 1. The first-order chi connectivity index (χ1) is 9.32. The SMILES string of the molecule is CCCC1CCN(C(=O)c2cc(S(N)(=O)=O)c(C)s2)C1. The number of nitrogens with zero attached hydrogens (tertiary/aromatic N) is 1. The molecule has 0 aliphatic carbocycles. The summed E-state index contributed by atoms with van der Waals surface area (Å²) in [6.07, 6.45) is 3.29. The fourth-order valence-electron chi connectivity index (χ4n) is 2.67. The predicted molar refractivity (Wildman–Crippen MR) is 79.3 cm³/mol. The lowest BCUT2D eigenvalue weighted by atomic mass is 10.0. The third-order valence-corrected chi connectivity index (χ3v) is 5.86. The average Bonchev–Trinajstić information content (AvgIpc) is 2.94. The Bertz CT molecular complexity index is 607. The standard InChI is InChI=1S/C13H20N2O3S2/c1-3-4-10-5-6-15(8-10)13(16)11-7-12(9(2)19-11)20(14,17)18/h7,10H,3-6,8H2,1-2H3,(H2,14,17,18). The van der Waals surface area contributed by atoms with Crippen LogP contribution >= 0.6 is 11.3 Å². The van der Waals surface area contributed by atoms with Gasteiger partial charge in [0, 0.05) is 18.0 Å². The highest BCUT2D eigenvalue weighted by molar-refractivity contribution is 7.89. The summed E-state index contributed by atoms with van der Waals surface area (Å²) in [6.45, 7) is 5.34. The summed E-state index contributed by atoms with van der Waals surface area (Å²) < 4.78 is 22.8. The van der Waals surface area contributed by atoms with Crippen LogP contribution in [0.15, 0.2) is 11.0 Å². The second kappa shape index (κ2) is 5.83. The Kier molecular flexibility index (Phi) is 4.51. The lowest BCUT2D eigenvalue weighted by molar-refractivity contribution is 0.0791. The van der Waals surface area contributed by atoms with Gasteiger partial charge in [0.15, 0.2) is 0 Å². The number of aryl methyl sites for hydroxylation is 1. The van der Waals surface area contributed by atoms with Crippen molar-refractivity contribution >= 4 is 27.3 Å². The van der Waals surface area contributed by atoms with Crippen LogP contribution in [0.2, 0.25) is 0 Å². The third-order valence-electron chi connectivity index (χ3n) is 3.66. The normalized spacial score (nSPS) is 19.6. The number of hydrogen-bond acceptors (Lipinski definition) is 4. The average molecular weight is 316 g/mol. The number of rotatable bonds is 4. The molecule has 2 heterocycles. The second-order valence-corrected chi connectivity index (χ2v) is 8.06. The number of sulfonamides is 1. The smallest absolute Gasteiger partial charge is 0.263 e. The van der Waals surface area contributed by atoms with Crippen molar-refractivity contribution in [3.05, 3.63) is 15.8 Å². The Morgan fingerprint density at radius 3 is 2.80 bits per heavy atom. The molecule has 0 aromatic carbocycles. The highest BCUT2D eigenvalue weighted by atomic mass is 32.2. The van der Waals surface area contributed by atoms with Crippen molar-refractivity contribution in [1.29, 1.82) is 0 Å². The van der Waals surface area contributed by atoms with E-state index in [1.54, 1.807) is 6.92 Å². The number of nitrogens with two attached hydrogens (primary N) is 1. The molecule has 1 aliphatic heterocycles. The van der Waals surface area contributed by atoms with Crippen LogP contribution in [0.4, 0.5) is 0 Å². The minimum Gasteiger partial charge on any atom is -0.338 e. The van der Waals surface area contributed by atoms with Crippen LogP contribution in [0.1, 0.15) is 40.7 Å². The predicted octanol–water partition coefficient (Wildman–Crippen LogP) is 1.97. The van der Waals surface area contributed by atoms with Gasteiger partial charge in [-0.25, -0.2) is 13.6 Å². The molecule has 0 radical (unpaired) electrons. The topological polar surface area (TPSA) is 80.5 Å². The molecule has 1 aromatic rings. The molecule has 0 spiro atoms. The fraction of sp³-hybridized carbons (Fsp3) is 0.615. The first kappa shape index (κ1) is 15.5. The summed E-state index contributed by atoms with van der Waals surface area (Å²) >= 11 is 1.20. The van der Waals surface area contributed by atoms with Crippen LogP contribution in [-0.2, 0) is 10.0 Å². The van der Waals surface area contributed by atoms with Crippen LogP contribution in [-0.4, -0.2) is 32.3 Å². The van der Waals surface area contributed by atoms with Gasteiger partial charge in [0.2, 0.25) is 10.0 Å². The maximum absolute atomic E-state index is 12.4. The summed E-state index contributed by atoms with van der Waals surface area (Å²) in [5.74, 6) is 0.495. The Hall–Kier alpha value is -0.920. The fourth-order valence-corrected chi connectivity index (χ4v) is 4.78. The summed E-state index contributed by atoms with van der Waals surface area (Å²) in [5, 5.41) is 5.14. The van der Waals surface area contributed by atoms with Crippen LogP contribution < -0.4 is 5.14 Å². The largest absolute Gasteiger partial charge is 0.338 e. The van der Waals surface area contributed by atoms with Crippen LogP contribution in [0.25, 0.3) is 0 Å². The molecule has 1 aromatic heterocycles. The van der Waals surface area contributed by atoms with E-state index in [9.17, 15) is 13.2 Å². The molecule has 1 fully saturated rings. The van der Waals surface area contributed by atoms with Gasteiger partial charge in [-0.05, 0) is 31.7 Å². The van der Waals surface area contributed by atoms with Gasteiger partial charge in [-0.2, -0.15) is 0 Å². The van der Waals surface area contributed by atoms with Crippen molar-refractivity contribution < 1.29 is 13.2 Å². The van der Waals surface area contributed by atoms with Gasteiger partial charge in [0.25, 0.3) is 5.91 Å². The van der Waals surface area contributed by atoms with Gasteiger partial charge in [-0.3, -0.25) is 4.79 Å². The lowest BCUT2D eigenvalue weighted by Gasteiger charge is -2.15. The van der Waals surface area contributed by atoms with E-state index in [1.807, 2.05) is 4.90 Å². The highest BCUT2D eigenvalue weighted by Gasteiger charge is 2.28. The number of carbonyl (C=O) groups excluding carboxylic acids is 1. The summed E-state index contributed by atoms with van der Waals surface area (Å²) in [7, 11) is -3.75. The van der Waals surface area contributed by atoms with Gasteiger partial charge >= 0.3 is 0 Å². The van der Waals surface area contributed by atoms with E-state index in [0.29, 0.717) is 15.7 Å². The van der Waals surface area contributed by atoms with Crippen molar-refractivity contribution in [3.63, 3.8) is 0 Å². The first-order valence-corrected chi connectivity index (χ1v) is 9.11.